The second-order valence-electron chi connectivity index (χ2n) is 9.49. The van der Waals surface area contributed by atoms with E-state index in [1.54, 1.807) is 12.1 Å². The number of benzene rings is 3. The first-order chi connectivity index (χ1) is 17.4. The maximum atomic E-state index is 13.9. The predicted molar refractivity (Wildman–Crippen MR) is 136 cm³/mol. The minimum Gasteiger partial charge on any atom is -0.508 e. The van der Waals surface area contributed by atoms with Crippen LogP contribution < -0.4 is 0 Å². The van der Waals surface area contributed by atoms with Gasteiger partial charge in [0.15, 0.2) is 0 Å². The fourth-order valence-electron chi connectivity index (χ4n) is 5.47. The Kier molecular flexibility index (Phi) is 6.18. The lowest BCUT2D eigenvalue weighted by Gasteiger charge is -2.42. The van der Waals surface area contributed by atoms with Gasteiger partial charge in [-0.15, -0.1) is 0 Å². The van der Waals surface area contributed by atoms with Gasteiger partial charge in [0, 0.05) is 30.8 Å². The molecule has 0 saturated heterocycles. The van der Waals surface area contributed by atoms with Crippen LogP contribution in [0.25, 0.3) is 0 Å². The van der Waals surface area contributed by atoms with Crippen LogP contribution in [0.15, 0.2) is 91.0 Å². The smallest absolute Gasteiger partial charge is 0.255 e. The highest BCUT2D eigenvalue weighted by atomic mass is 16.3. The second kappa shape index (κ2) is 9.46. The van der Waals surface area contributed by atoms with Crippen molar-refractivity contribution >= 4 is 17.7 Å². The van der Waals surface area contributed by atoms with Crippen LogP contribution in [-0.4, -0.2) is 45.7 Å². The number of hydrogen-bond donors (Lipinski definition) is 1. The van der Waals surface area contributed by atoms with Gasteiger partial charge < -0.3 is 10.0 Å². The predicted octanol–water partition coefficient (Wildman–Crippen LogP) is 4.48. The Hall–Kier alpha value is -4.19. The molecule has 2 unspecified atom stereocenters. The molecule has 0 spiro atoms. The Labute approximate surface area is 210 Å². The van der Waals surface area contributed by atoms with Crippen molar-refractivity contribution in [2.75, 3.05) is 13.1 Å². The first-order valence-electron chi connectivity index (χ1n) is 12.2. The molecule has 2 aliphatic rings. The van der Waals surface area contributed by atoms with Gasteiger partial charge in [0.05, 0.1) is 0 Å². The Bertz CT molecular complexity index is 1310. The van der Waals surface area contributed by atoms with E-state index in [0.29, 0.717) is 25.1 Å². The fourth-order valence-corrected chi connectivity index (χ4v) is 5.47. The number of carbonyl (C=O) groups excluding carboxylic acids is 3. The first-order valence-corrected chi connectivity index (χ1v) is 12.2. The lowest BCUT2D eigenvalue weighted by atomic mass is 9.76. The van der Waals surface area contributed by atoms with Crippen molar-refractivity contribution < 1.29 is 19.5 Å². The standard InChI is InChI=1S/C30H28N2O4/c1-21(8-7-19-31-27(34)17-18-28(31)35)20-32-29(36)25-11-5-6-12-26(25)30(32,22-9-3-2-4-10-22)23-13-15-24(33)16-14-23/h2-6,9-18,21,33H,7-8,19-20H2,1H3. The molecular formula is C30H28N2O4. The molecule has 2 aliphatic heterocycles. The zero-order valence-electron chi connectivity index (χ0n) is 20.1. The van der Waals surface area contributed by atoms with Gasteiger partial charge in [-0.05, 0) is 53.6 Å². The van der Waals surface area contributed by atoms with Crippen molar-refractivity contribution in [3.63, 3.8) is 0 Å². The van der Waals surface area contributed by atoms with Crippen LogP contribution in [0, 0.1) is 5.92 Å². The summed E-state index contributed by atoms with van der Waals surface area (Å²) in [5, 5.41) is 10.0. The summed E-state index contributed by atoms with van der Waals surface area (Å²) in [6, 6.07) is 24.8. The number of nitrogens with zero attached hydrogens (tertiary/aromatic N) is 2. The minimum absolute atomic E-state index is 0.0384. The molecule has 0 fully saturated rings. The van der Waals surface area contributed by atoms with E-state index in [0.717, 1.165) is 23.1 Å². The molecular weight excluding hydrogens is 452 g/mol. The number of imide groups is 1. The average Bonchev–Trinajstić information content (AvgIpc) is 3.34. The summed E-state index contributed by atoms with van der Waals surface area (Å²) in [7, 11) is 0. The number of hydrogen-bond acceptors (Lipinski definition) is 4. The van der Waals surface area contributed by atoms with E-state index in [4.69, 9.17) is 0 Å². The van der Waals surface area contributed by atoms with Crippen LogP contribution in [-0.2, 0) is 15.1 Å². The van der Waals surface area contributed by atoms with Gasteiger partial charge >= 0.3 is 0 Å². The largest absolute Gasteiger partial charge is 0.508 e. The summed E-state index contributed by atoms with van der Waals surface area (Å²) in [4.78, 5) is 40.9. The van der Waals surface area contributed by atoms with Crippen molar-refractivity contribution in [1.29, 1.82) is 0 Å². The van der Waals surface area contributed by atoms with Gasteiger partial charge in [-0.3, -0.25) is 19.3 Å². The van der Waals surface area contributed by atoms with Gasteiger partial charge in [0.25, 0.3) is 17.7 Å². The van der Waals surface area contributed by atoms with Crippen LogP contribution in [0.3, 0.4) is 0 Å². The lowest BCUT2D eigenvalue weighted by molar-refractivity contribution is -0.136. The number of amides is 3. The topological polar surface area (TPSA) is 77.9 Å². The molecule has 3 aromatic carbocycles. The van der Waals surface area contributed by atoms with E-state index in [-0.39, 0.29) is 29.4 Å². The summed E-state index contributed by atoms with van der Waals surface area (Å²) in [5.74, 6) is -0.297. The molecule has 0 radical (unpaired) electrons. The maximum Gasteiger partial charge on any atom is 0.255 e. The van der Waals surface area contributed by atoms with Crippen LogP contribution in [0.4, 0.5) is 0 Å². The van der Waals surface area contributed by atoms with Crippen molar-refractivity contribution in [3.8, 4) is 5.75 Å². The lowest BCUT2D eigenvalue weighted by Crippen LogP contribution is -2.47. The highest BCUT2D eigenvalue weighted by molar-refractivity contribution is 6.12. The summed E-state index contributed by atoms with van der Waals surface area (Å²) < 4.78 is 0. The second-order valence-corrected chi connectivity index (χ2v) is 9.49. The molecule has 36 heavy (non-hydrogen) atoms. The molecule has 2 heterocycles. The van der Waals surface area contributed by atoms with E-state index in [9.17, 15) is 19.5 Å². The number of phenolic OH excluding ortho intramolecular Hbond substituents is 1. The molecule has 182 valence electrons. The monoisotopic (exact) mass is 480 g/mol. The van der Waals surface area contributed by atoms with Crippen molar-refractivity contribution in [2.45, 2.75) is 25.3 Å². The van der Waals surface area contributed by atoms with E-state index in [2.05, 4.69) is 6.92 Å². The molecule has 6 nitrogen and oxygen atoms in total. The van der Waals surface area contributed by atoms with Crippen molar-refractivity contribution in [3.05, 3.63) is 113 Å². The average molecular weight is 481 g/mol. The van der Waals surface area contributed by atoms with Gasteiger partial charge in [0.1, 0.15) is 11.3 Å². The van der Waals surface area contributed by atoms with Crippen LogP contribution in [0.5, 0.6) is 5.75 Å². The van der Waals surface area contributed by atoms with Crippen molar-refractivity contribution in [2.24, 2.45) is 5.92 Å². The van der Waals surface area contributed by atoms with Crippen LogP contribution in [0.1, 0.15) is 46.8 Å². The van der Waals surface area contributed by atoms with E-state index >= 15 is 0 Å². The third kappa shape index (κ3) is 3.88. The van der Waals surface area contributed by atoms with Gasteiger partial charge in [0.2, 0.25) is 0 Å². The summed E-state index contributed by atoms with van der Waals surface area (Å²) in [5.41, 5.74) is 2.61. The number of carbonyl (C=O) groups is 3. The van der Waals surface area contributed by atoms with E-state index < -0.39 is 5.54 Å². The number of aromatic hydroxyl groups is 1. The third-order valence-corrected chi connectivity index (χ3v) is 7.15. The van der Waals surface area contributed by atoms with E-state index in [1.807, 2.05) is 71.6 Å². The quantitative estimate of drug-likeness (QED) is 0.482. The molecule has 1 N–H and O–H groups in total. The Morgan fingerprint density at radius 2 is 1.42 bits per heavy atom. The Balaban J connectivity index is 1.50. The van der Waals surface area contributed by atoms with Crippen LogP contribution in [0.2, 0.25) is 0 Å². The van der Waals surface area contributed by atoms with Gasteiger partial charge in [-0.2, -0.15) is 0 Å². The number of fused-ring (bicyclic) bond motifs is 1. The SMILES string of the molecule is CC(CCCN1C(=O)C=CC1=O)CN1C(=O)c2ccccc2C1(c1ccccc1)c1ccc(O)cc1. The third-order valence-electron chi connectivity index (χ3n) is 7.15. The van der Waals surface area contributed by atoms with Crippen molar-refractivity contribution in [1.82, 2.24) is 9.80 Å². The van der Waals surface area contributed by atoms with E-state index in [1.165, 1.54) is 17.1 Å². The number of phenols is 1. The summed E-state index contributed by atoms with van der Waals surface area (Å²) in [6.45, 7) is 2.95. The summed E-state index contributed by atoms with van der Waals surface area (Å²) >= 11 is 0. The van der Waals surface area contributed by atoms with Crippen LogP contribution >= 0.6 is 0 Å². The highest BCUT2D eigenvalue weighted by Crippen LogP contribution is 2.49. The molecule has 0 aromatic heterocycles. The van der Waals surface area contributed by atoms with Gasteiger partial charge in [-0.25, -0.2) is 0 Å². The molecule has 2 atom stereocenters. The molecule has 6 heteroatoms. The molecule has 5 rings (SSSR count). The zero-order chi connectivity index (χ0) is 25.3. The highest BCUT2D eigenvalue weighted by Gasteiger charge is 2.52. The molecule has 3 amide bonds. The fraction of sp³-hybridized carbons (Fsp3) is 0.233. The molecule has 3 aromatic rings. The first kappa shape index (κ1) is 23.5. The number of rotatable bonds is 8. The molecule has 0 saturated carbocycles. The zero-order valence-corrected chi connectivity index (χ0v) is 20.1. The Morgan fingerprint density at radius 1 is 0.806 bits per heavy atom. The normalized spacial score (nSPS) is 19.8. The van der Waals surface area contributed by atoms with Gasteiger partial charge in [-0.1, -0.05) is 67.6 Å². The maximum absolute atomic E-state index is 13.9. The molecule has 0 aliphatic carbocycles. The molecule has 0 bridgehead atoms. The minimum atomic E-state index is -0.846. The Morgan fingerprint density at radius 3 is 2.11 bits per heavy atom. The summed E-state index contributed by atoms with van der Waals surface area (Å²) in [6.07, 6.45) is 4.01.